The number of ether oxygens (including phenoxy) is 3. The molecule has 1 saturated heterocycles. The van der Waals surface area contributed by atoms with Crippen molar-refractivity contribution in [3.63, 3.8) is 0 Å². The molecule has 9 nitrogen and oxygen atoms in total. The lowest BCUT2D eigenvalue weighted by Gasteiger charge is -2.26. The van der Waals surface area contributed by atoms with Gasteiger partial charge in [0.1, 0.15) is 5.57 Å². The molecule has 3 rings (SSSR count). The normalized spacial score (nSPS) is 14.7. The number of anilines is 1. The molecule has 4 amide bonds. The van der Waals surface area contributed by atoms with Crippen LogP contribution in [0.2, 0.25) is 5.02 Å². The molecule has 11 heteroatoms. The molecule has 1 aliphatic heterocycles. The zero-order valence-corrected chi connectivity index (χ0v) is 21.5. The van der Waals surface area contributed by atoms with Crippen LogP contribution in [0.5, 0.6) is 11.5 Å². The number of urea groups is 1. The van der Waals surface area contributed by atoms with E-state index < -0.39 is 23.8 Å². The Morgan fingerprint density at radius 3 is 2.51 bits per heavy atom. The number of barbiturate groups is 1. The molecule has 0 radical (unpaired) electrons. The summed E-state index contributed by atoms with van der Waals surface area (Å²) in [7, 11) is 0. The Morgan fingerprint density at radius 1 is 1.11 bits per heavy atom. The van der Waals surface area contributed by atoms with Crippen LogP contribution in [-0.2, 0) is 19.1 Å². The maximum Gasteiger partial charge on any atom is 0.344 e. The van der Waals surface area contributed by atoms with Crippen molar-refractivity contribution in [2.45, 2.75) is 20.8 Å². The molecular formula is C24H22BrClN2O7. The standard InChI is InChI=1S/C24H22BrClN2O7/c1-4-33-19-10-14(9-17(25)21(19)35-12-20(29)34-5-2)8-16-22(30)27-24(32)28(23(16)31)15-7-6-13(3)18(26)11-15/h6-11H,4-5,12H2,1-3H3,(H,27,30,32)/b16-8-. The predicted molar refractivity (Wildman–Crippen MR) is 133 cm³/mol. The largest absolute Gasteiger partial charge is 0.490 e. The fourth-order valence-corrected chi connectivity index (χ4v) is 3.94. The van der Waals surface area contributed by atoms with Gasteiger partial charge >= 0.3 is 12.0 Å². The summed E-state index contributed by atoms with van der Waals surface area (Å²) in [5, 5.41) is 2.54. The number of rotatable bonds is 8. The first-order chi connectivity index (χ1) is 16.7. The fraction of sp³-hybridized carbons (Fsp3) is 0.250. The number of nitrogens with zero attached hydrogens (tertiary/aromatic N) is 1. The van der Waals surface area contributed by atoms with Gasteiger partial charge in [0.15, 0.2) is 18.1 Å². The summed E-state index contributed by atoms with van der Waals surface area (Å²) >= 11 is 9.53. The minimum absolute atomic E-state index is 0.221. The van der Waals surface area contributed by atoms with Gasteiger partial charge in [0.25, 0.3) is 11.8 Å². The van der Waals surface area contributed by atoms with Gasteiger partial charge in [-0.15, -0.1) is 0 Å². The molecule has 0 saturated carbocycles. The van der Waals surface area contributed by atoms with Gasteiger partial charge in [-0.3, -0.25) is 14.9 Å². The lowest BCUT2D eigenvalue weighted by Crippen LogP contribution is -2.54. The van der Waals surface area contributed by atoms with Crippen molar-refractivity contribution in [3.05, 3.63) is 56.5 Å². The molecule has 35 heavy (non-hydrogen) atoms. The van der Waals surface area contributed by atoms with E-state index in [0.717, 1.165) is 10.5 Å². The molecule has 0 spiro atoms. The number of nitrogens with one attached hydrogen (secondary N) is 1. The van der Waals surface area contributed by atoms with Crippen LogP contribution in [0.4, 0.5) is 10.5 Å². The lowest BCUT2D eigenvalue weighted by molar-refractivity contribution is -0.145. The highest BCUT2D eigenvalue weighted by Crippen LogP contribution is 2.38. The summed E-state index contributed by atoms with van der Waals surface area (Å²) in [6.45, 7) is 5.42. The molecule has 1 fully saturated rings. The molecule has 2 aromatic rings. The van der Waals surface area contributed by atoms with Crippen molar-refractivity contribution in [2.75, 3.05) is 24.7 Å². The van der Waals surface area contributed by atoms with Gasteiger partial charge in [-0.25, -0.2) is 14.5 Å². The first-order valence-electron chi connectivity index (χ1n) is 10.6. The molecule has 1 heterocycles. The summed E-state index contributed by atoms with van der Waals surface area (Å²) in [4.78, 5) is 50.6. The third kappa shape index (κ3) is 6.01. The second-order valence-electron chi connectivity index (χ2n) is 7.25. The van der Waals surface area contributed by atoms with E-state index in [1.165, 1.54) is 12.1 Å². The Balaban J connectivity index is 1.97. The highest BCUT2D eigenvalue weighted by Gasteiger charge is 2.37. The van der Waals surface area contributed by atoms with E-state index in [2.05, 4.69) is 21.2 Å². The number of aryl methyl sites for hydroxylation is 1. The molecule has 0 aliphatic carbocycles. The number of esters is 1. The molecule has 1 aliphatic rings. The Kier molecular flexibility index (Phi) is 8.52. The van der Waals surface area contributed by atoms with Crippen molar-refractivity contribution < 1.29 is 33.4 Å². The van der Waals surface area contributed by atoms with E-state index in [-0.39, 0.29) is 42.6 Å². The molecule has 0 unspecified atom stereocenters. The molecule has 0 bridgehead atoms. The van der Waals surface area contributed by atoms with Crippen molar-refractivity contribution in [1.29, 1.82) is 0 Å². The number of amides is 4. The van der Waals surface area contributed by atoms with Gasteiger partial charge in [0, 0.05) is 5.02 Å². The highest BCUT2D eigenvalue weighted by atomic mass is 79.9. The first-order valence-corrected chi connectivity index (χ1v) is 11.8. The number of carbonyl (C=O) groups excluding carboxylic acids is 4. The molecule has 1 N–H and O–H groups in total. The summed E-state index contributed by atoms with van der Waals surface area (Å²) < 4.78 is 16.5. The van der Waals surface area contributed by atoms with E-state index in [1.807, 2.05) is 0 Å². The maximum absolute atomic E-state index is 13.2. The average molecular weight is 566 g/mol. The van der Waals surface area contributed by atoms with Crippen LogP contribution in [0.3, 0.4) is 0 Å². The van der Waals surface area contributed by atoms with Gasteiger partial charge in [-0.1, -0.05) is 17.7 Å². The summed E-state index contributed by atoms with van der Waals surface area (Å²) in [6, 6.07) is 6.95. The number of benzene rings is 2. The average Bonchev–Trinajstić information content (AvgIpc) is 2.78. The van der Waals surface area contributed by atoms with Crippen molar-refractivity contribution in [1.82, 2.24) is 5.32 Å². The SMILES string of the molecule is CCOC(=O)COc1c(Br)cc(/C=C2/C(=O)NC(=O)N(c3ccc(C)c(Cl)c3)C2=O)cc1OCC. The van der Waals surface area contributed by atoms with Crippen LogP contribution in [0.1, 0.15) is 25.0 Å². The zero-order chi connectivity index (χ0) is 25.7. The van der Waals surface area contributed by atoms with Gasteiger partial charge in [-0.2, -0.15) is 0 Å². The van der Waals surface area contributed by atoms with E-state index in [0.29, 0.717) is 15.1 Å². The van der Waals surface area contributed by atoms with Crippen LogP contribution in [0.15, 0.2) is 40.4 Å². The number of hydrogen-bond donors (Lipinski definition) is 1. The minimum Gasteiger partial charge on any atom is -0.490 e. The third-order valence-corrected chi connectivity index (χ3v) is 5.79. The Morgan fingerprint density at radius 2 is 1.86 bits per heavy atom. The second-order valence-corrected chi connectivity index (χ2v) is 8.51. The highest BCUT2D eigenvalue weighted by molar-refractivity contribution is 9.10. The van der Waals surface area contributed by atoms with Gasteiger partial charge in [0.2, 0.25) is 0 Å². The van der Waals surface area contributed by atoms with Gasteiger partial charge in [-0.05, 0) is 78.2 Å². The summed E-state index contributed by atoms with van der Waals surface area (Å²) in [6.07, 6.45) is 1.33. The lowest BCUT2D eigenvalue weighted by atomic mass is 10.1. The van der Waals surface area contributed by atoms with Crippen molar-refractivity contribution in [3.8, 4) is 11.5 Å². The van der Waals surface area contributed by atoms with Crippen molar-refractivity contribution in [2.24, 2.45) is 0 Å². The Hall–Kier alpha value is -3.37. The van der Waals surface area contributed by atoms with E-state index >= 15 is 0 Å². The number of carbonyl (C=O) groups is 4. The number of hydrogen-bond acceptors (Lipinski definition) is 7. The monoisotopic (exact) mass is 564 g/mol. The third-order valence-electron chi connectivity index (χ3n) is 4.80. The zero-order valence-electron chi connectivity index (χ0n) is 19.1. The van der Waals surface area contributed by atoms with E-state index in [9.17, 15) is 19.2 Å². The molecule has 0 atom stereocenters. The molecule has 0 aromatic heterocycles. The Bertz CT molecular complexity index is 1230. The topological polar surface area (TPSA) is 111 Å². The molecule has 2 aromatic carbocycles. The predicted octanol–water partition coefficient (Wildman–Crippen LogP) is 4.42. The van der Waals surface area contributed by atoms with Crippen molar-refractivity contribution >= 4 is 63.1 Å². The van der Waals surface area contributed by atoms with Crippen LogP contribution in [-0.4, -0.2) is 43.6 Å². The maximum atomic E-state index is 13.2. The molecular weight excluding hydrogens is 544 g/mol. The smallest absolute Gasteiger partial charge is 0.344 e. The second kappa shape index (κ2) is 11.4. The van der Waals surface area contributed by atoms with E-state index in [1.54, 1.807) is 45.0 Å². The van der Waals surface area contributed by atoms with Gasteiger partial charge in [0.05, 0.1) is 23.4 Å². The fourth-order valence-electron chi connectivity index (χ4n) is 3.19. The van der Waals surface area contributed by atoms with Gasteiger partial charge < -0.3 is 14.2 Å². The Labute approximate surface area is 215 Å². The number of imide groups is 2. The van der Waals surface area contributed by atoms with Crippen LogP contribution >= 0.6 is 27.5 Å². The summed E-state index contributed by atoms with van der Waals surface area (Å²) in [5.41, 5.74) is 1.14. The van der Waals surface area contributed by atoms with Crippen LogP contribution < -0.4 is 19.7 Å². The van der Waals surface area contributed by atoms with Crippen LogP contribution in [0.25, 0.3) is 6.08 Å². The van der Waals surface area contributed by atoms with Crippen LogP contribution in [0, 0.1) is 6.92 Å². The molecule has 184 valence electrons. The summed E-state index contributed by atoms with van der Waals surface area (Å²) in [5.74, 6) is -1.66. The first kappa shape index (κ1) is 26.2. The minimum atomic E-state index is -0.879. The quantitative estimate of drug-likeness (QED) is 0.287. The number of halogens is 2. The van der Waals surface area contributed by atoms with E-state index in [4.69, 9.17) is 25.8 Å².